The molecule has 0 fully saturated rings. The van der Waals surface area contributed by atoms with E-state index in [1.165, 1.54) is 0 Å². The van der Waals surface area contributed by atoms with Crippen LogP contribution >= 0.6 is 0 Å². The van der Waals surface area contributed by atoms with Gasteiger partial charge in [0, 0.05) is 44.4 Å². The van der Waals surface area contributed by atoms with Crippen LogP contribution in [0.25, 0.3) is 0 Å². The topological polar surface area (TPSA) is 94.3 Å². The molecule has 0 amide bonds. The number of carbonyl (C=O) groups is 4. The summed E-state index contributed by atoms with van der Waals surface area (Å²) in [5.74, 6) is 0.767. The molecule has 0 aliphatic rings. The number of ketones is 4. The molecule has 174 valence electrons. The molecule has 0 aromatic heterocycles. The average Bonchev–Trinajstić information content (AvgIpc) is 2.71. The second-order valence-electron chi connectivity index (χ2n) is 8.61. The number of hydrogen-bond acceptors (Lipinski definition) is 5. The molecule has 0 saturated carbocycles. The van der Waals surface area contributed by atoms with Crippen LogP contribution in [0.3, 0.4) is 0 Å². The standard InChI is InChI=1S/C25H45NO4/c1-3-23(28)16-9-6-7-11-18-25(30)22(15-12-13-19-26)20-24(29)17-10-5-4-8-14-21(2)27/h22H,3-20,26H2,1-2H3. The average molecular weight is 424 g/mol. The summed E-state index contributed by atoms with van der Waals surface area (Å²) < 4.78 is 0. The molecule has 5 heteroatoms. The first-order valence-corrected chi connectivity index (χ1v) is 12.2. The zero-order chi connectivity index (χ0) is 22.6. The summed E-state index contributed by atoms with van der Waals surface area (Å²) in [7, 11) is 0. The third kappa shape index (κ3) is 17.5. The lowest BCUT2D eigenvalue weighted by molar-refractivity contribution is -0.128. The van der Waals surface area contributed by atoms with Crippen molar-refractivity contribution >= 4 is 23.1 Å². The van der Waals surface area contributed by atoms with Crippen LogP contribution < -0.4 is 5.73 Å². The summed E-state index contributed by atoms with van der Waals surface area (Å²) >= 11 is 0. The number of unbranched alkanes of at least 4 members (excludes halogenated alkanes) is 7. The van der Waals surface area contributed by atoms with Crippen LogP contribution in [0.4, 0.5) is 0 Å². The normalized spacial score (nSPS) is 12.0. The molecule has 0 radical (unpaired) electrons. The Kier molecular flexibility index (Phi) is 18.7. The molecule has 2 N–H and O–H groups in total. The molecule has 0 aromatic carbocycles. The van der Waals surface area contributed by atoms with Gasteiger partial charge in [-0.2, -0.15) is 0 Å². The predicted octanol–water partition coefficient (Wildman–Crippen LogP) is 5.51. The minimum atomic E-state index is -0.163. The van der Waals surface area contributed by atoms with Gasteiger partial charge in [-0.05, 0) is 52.0 Å². The largest absolute Gasteiger partial charge is 0.330 e. The molecule has 0 aromatic rings. The predicted molar refractivity (Wildman–Crippen MR) is 122 cm³/mol. The molecule has 0 aliphatic heterocycles. The van der Waals surface area contributed by atoms with E-state index in [1.807, 2.05) is 6.92 Å². The third-order valence-electron chi connectivity index (χ3n) is 5.69. The van der Waals surface area contributed by atoms with Crippen molar-refractivity contribution in [3.63, 3.8) is 0 Å². The van der Waals surface area contributed by atoms with E-state index in [4.69, 9.17) is 5.73 Å². The van der Waals surface area contributed by atoms with Crippen molar-refractivity contribution < 1.29 is 19.2 Å². The van der Waals surface area contributed by atoms with Gasteiger partial charge in [0.2, 0.25) is 0 Å². The molecule has 30 heavy (non-hydrogen) atoms. The van der Waals surface area contributed by atoms with Gasteiger partial charge in [0.05, 0.1) is 0 Å². The van der Waals surface area contributed by atoms with Crippen LogP contribution in [0.2, 0.25) is 0 Å². The van der Waals surface area contributed by atoms with Crippen LogP contribution in [-0.2, 0) is 19.2 Å². The Bertz CT molecular complexity index is 501. The van der Waals surface area contributed by atoms with Gasteiger partial charge >= 0.3 is 0 Å². The van der Waals surface area contributed by atoms with Crippen molar-refractivity contribution in [1.82, 2.24) is 0 Å². The first-order chi connectivity index (χ1) is 14.4. The van der Waals surface area contributed by atoms with E-state index in [9.17, 15) is 19.2 Å². The van der Waals surface area contributed by atoms with Crippen LogP contribution in [-0.4, -0.2) is 29.7 Å². The lowest BCUT2D eigenvalue weighted by Crippen LogP contribution is -2.19. The Balaban J connectivity index is 4.17. The number of hydrogen-bond donors (Lipinski definition) is 1. The summed E-state index contributed by atoms with van der Waals surface area (Å²) in [6.45, 7) is 4.12. The minimum Gasteiger partial charge on any atom is -0.330 e. The smallest absolute Gasteiger partial charge is 0.136 e. The van der Waals surface area contributed by atoms with E-state index in [0.717, 1.165) is 70.6 Å². The lowest BCUT2D eigenvalue weighted by atomic mass is 9.88. The Hall–Kier alpha value is -1.36. The third-order valence-corrected chi connectivity index (χ3v) is 5.69. The highest BCUT2D eigenvalue weighted by molar-refractivity contribution is 5.87. The summed E-state index contributed by atoms with van der Waals surface area (Å²) in [5.41, 5.74) is 5.58. The van der Waals surface area contributed by atoms with Crippen molar-refractivity contribution in [2.45, 2.75) is 123 Å². The zero-order valence-electron chi connectivity index (χ0n) is 19.5. The second kappa shape index (κ2) is 19.6. The van der Waals surface area contributed by atoms with Crippen LogP contribution in [0.1, 0.15) is 123 Å². The van der Waals surface area contributed by atoms with Crippen LogP contribution in [0, 0.1) is 5.92 Å². The highest BCUT2D eigenvalue weighted by atomic mass is 16.1. The summed E-state index contributed by atoms with van der Waals surface area (Å²) in [4.78, 5) is 47.3. The van der Waals surface area contributed by atoms with Crippen molar-refractivity contribution in [3.05, 3.63) is 0 Å². The molecular formula is C25H45NO4. The van der Waals surface area contributed by atoms with Crippen molar-refractivity contribution in [1.29, 1.82) is 0 Å². The second-order valence-corrected chi connectivity index (χ2v) is 8.61. The molecule has 0 rings (SSSR count). The Morgan fingerprint density at radius 1 is 0.667 bits per heavy atom. The molecule has 0 aliphatic carbocycles. The van der Waals surface area contributed by atoms with E-state index >= 15 is 0 Å². The van der Waals surface area contributed by atoms with Gasteiger partial charge in [-0.25, -0.2) is 0 Å². The van der Waals surface area contributed by atoms with Gasteiger partial charge in [0.25, 0.3) is 0 Å². The number of nitrogens with two attached hydrogens (primary N) is 1. The lowest BCUT2D eigenvalue weighted by Gasteiger charge is -2.15. The summed E-state index contributed by atoms with van der Waals surface area (Å²) in [6, 6.07) is 0. The van der Waals surface area contributed by atoms with E-state index < -0.39 is 0 Å². The SMILES string of the molecule is CCC(=O)CCCCCCC(=O)C(CCCCN)CC(=O)CCCCCCC(C)=O. The van der Waals surface area contributed by atoms with E-state index in [1.54, 1.807) is 6.92 Å². The van der Waals surface area contributed by atoms with E-state index in [-0.39, 0.29) is 23.3 Å². The maximum atomic E-state index is 12.7. The molecule has 0 bridgehead atoms. The quantitative estimate of drug-likeness (QED) is 0.232. The first kappa shape index (κ1) is 28.6. The van der Waals surface area contributed by atoms with Crippen LogP contribution in [0.15, 0.2) is 0 Å². The van der Waals surface area contributed by atoms with Crippen molar-refractivity contribution in [3.8, 4) is 0 Å². The van der Waals surface area contributed by atoms with E-state index in [0.29, 0.717) is 50.9 Å². The Morgan fingerprint density at radius 3 is 1.73 bits per heavy atom. The highest BCUT2D eigenvalue weighted by Crippen LogP contribution is 2.20. The van der Waals surface area contributed by atoms with Crippen molar-refractivity contribution in [2.24, 2.45) is 11.7 Å². The van der Waals surface area contributed by atoms with Gasteiger partial charge in [0.15, 0.2) is 0 Å². The fraction of sp³-hybridized carbons (Fsp3) is 0.840. The minimum absolute atomic E-state index is 0.163. The Morgan fingerprint density at radius 2 is 1.20 bits per heavy atom. The summed E-state index contributed by atoms with van der Waals surface area (Å²) in [5, 5.41) is 0. The van der Waals surface area contributed by atoms with Gasteiger partial charge in [-0.15, -0.1) is 0 Å². The van der Waals surface area contributed by atoms with Gasteiger partial charge in [0.1, 0.15) is 23.1 Å². The first-order valence-electron chi connectivity index (χ1n) is 12.2. The number of Topliss-reactive ketones (excluding diaryl/α,β-unsaturated/α-hetero) is 4. The maximum Gasteiger partial charge on any atom is 0.136 e. The number of carbonyl (C=O) groups excluding carboxylic acids is 4. The molecule has 1 unspecified atom stereocenters. The monoisotopic (exact) mass is 423 g/mol. The number of rotatable bonds is 22. The molecular weight excluding hydrogens is 378 g/mol. The Labute approximate surface area is 183 Å². The highest BCUT2D eigenvalue weighted by Gasteiger charge is 2.20. The van der Waals surface area contributed by atoms with Crippen LogP contribution in [0.5, 0.6) is 0 Å². The molecule has 1 atom stereocenters. The van der Waals surface area contributed by atoms with Gasteiger partial charge < -0.3 is 10.5 Å². The molecule has 0 saturated heterocycles. The van der Waals surface area contributed by atoms with Gasteiger partial charge in [-0.1, -0.05) is 39.0 Å². The molecule has 5 nitrogen and oxygen atoms in total. The fourth-order valence-electron chi connectivity index (χ4n) is 3.69. The fourth-order valence-corrected chi connectivity index (χ4v) is 3.69. The summed E-state index contributed by atoms with van der Waals surface area (Å²) in [6.07, 6.45) is 13.2. The van der Waals surface area contributed by atoms with Crippen molar-refractivity contribution in [2.75, 3.05) is 6.54 Å². The zero-order valence-corrected chi connectivity index (χ0v) is 19.5. The van der Waals surface area contributed by atoms with Gasteiger partial charge in [-0.3, -0.25) is 14.4 Å². The van der Waals surface area contributed by atoms with E-state index in [2.05, 4.69) is 0 Å². The maximum absolute atomic E-state index is 12.7. The molecule has 0 spiro atoms. The molecule has 0 heterocycles.